The van der Waals surface area contributed by atoms with Gasteiger partial charge >= 0.3 is 5.97 Å². The van der Waals surface area contributed by atoms with Crippen molar-refractivity contribution in [2.45, 2.75) is 39.9 Å². The summed E-state index contributed by atoms with van der Waals surface area (Å²) in [5, 5.41) is -0.584. The van der Waals surface area contributed by atoms with Crippen LogP contribution >= 0.6 is 31.9 Å². The summed E-state index contributed by atoms with van der Waals surface area (Å²) in [5.74, 6) is -0.832. The number of β-lactam (4-membered cyclic amide) rings is 1. The fourth-order valence-corrected chi connectivity index (χ4v) is 6.59. The van der Waals surface area contributed by atoms with E-state index in [1.165, 1.54) is 4.90 Å². The molecule has 8 heteroatoms. The number of carbonyl (C=O) groups is 2. The molecular weight excluding hydrogens is 450 g/mol. The first-order valence-electron chi connectivity index (χ1n) is 7.01. The van der Waals surface area contributed by atoms with E-state index in [1.807, 2.05) is 30.3 Å². The molecule has 2 aliphatic rings. The summed E-state index contributed by atoms with van der Waals surface area (Å²) in [4.78, 5) is 26.2. The van der Waals surface area contributed by atoms with Gasteiger partial charge in [0.2, 0.25) is 0 Å². The molecule has 3 rings (SSSR count). The average Bonchev–Trinajstić information content (AvgIpc) is 2.71. The number of ether oxygens (including phenoxy) is 1. The lowest BCUT2D eigenvalue weighted by molar-refractivity contribution is -0.162. The number of esters is 1. The van der Waals surface area contributed by atoms with Gasteiger partial charge in [-0.2, -0.15) is 0 Å². The van der Waals surface area contributed by atoms with E-state index in [-0.39, 0.29) is 12.5 Å². The number of rotatable bonds is 3. The van der Waals surface area contributed by atoms with Gasteiger partial charge in [-0.1, -0.05) is 62.2 Å². The largest absolute Gasteiger partial charge is 0.459 e. The van der Waals surface area contributed by atoms with Gasteiger partial charge in [0.15, 0.2) is 3.23 Å². The molecule has 1 amide bonds. The van der Waals surface area contributed by atoms with E-state index in [2.05, 4.69) is 31.9 Å². The van der Waals surface area contributed by atoms with Gasteiger partial charge in [0, 0.05) is 0 Å². The molecule has 0 N–H and O–H groups in total. The lowest BCUT2D eigenvalue weighted by Gasteiger charge is -2.46. The van der Waals surface area contributed by atoms with Gasteiger partial charge in [-0.05, 0) is 19.4 Å². The van der Waals surface area contributed by atoms with Gasteiger partial charge in [-0.25, -0.2) is 4.79 Å². The highest BCUT2D eigenvalue weighted by molar-refractivity contribution is 9.26. The van der Waals surface area contributed by atoms with E-state index in [1.54, 1.807) is 13.8 Å². The predicted octanol–water partition coefficient (Wildman–Crippen LogP) is 2.29. The number of alkyl halides is 2. The minimum absolute atomic E-state index is 0.124. The highest BCUT2D eigenvalue weighted by Crippen LogP contribution is 2.55. The van der Waals surface area contributed by atoms with Crippen LogP contribution in [0.4, 0.5) is 0 Å². The Bertz CT molecular complexity index is 692. The summed E-state index contributed by atoms with van der Waals surface area (Å²) >= 11 is 6.52. The van der Waals surface area contributed by atoms with Crippen LogP contribution in [0.5, 0.6) is 0 Å². The number of halogens is 2. The van der Waals surface area contributed by atoms with Gasteiger partial charge in [0.25, 0.3) is 5.91 Å². The topological polar surface area (TPSA) is 63.7 Å². The summed E-state index contributed by atoms with van der Waals surface area (Å²) in [6.07, 6.45) is 0. The Labute approximate surface area is 153 Å². The molecule has 0 bridgehead atoms. The quantitative estimate of drug-likeness (QED) is 0.391. The number of amides is 1. The number of fused-ring (bicyclic) bond motifs is 1. The second kappa shape index (κ2) is 5.67. The van der Waals surface area contributed by atoms with Crippen LogP contribution in [0.25, 0.3) is 0 Å². The average molecular weight is 465 g/mol. The van der Waals surface area contributed by atoms with E-state index in [0.29, 0.717) is 0 Å². The molecule has 3 unspecified atom stereocenters. The van der Waals surface area contributed by atoms with E-state index in [9.17, 15) is 13.8 Å². The van der Waals surface area contributed by atoms with E-state index in [0.717, 1.165) is 5.56 Å². The molecule has 2 aliphatic heterocycles. The Morgan fingerprint density at radius 1 is 1.30 bits per heavy atom. The van der Waals surface area contributed by atoms with Crippen LogP contribution in [0.15, 0.2) is 30.3 Å². The smallest absolute Gasteiger partial charge is 0.330 e. The number of nitrogens with zero attached hydrogens (tertiary/aromatic N) is 1. The molecule has 2 fully saturated rings. The van der Waals surface area contributed by atoms with Crippen molar-refractivity contribution in [1.29, 1.82) is 0 Å². The molecule has 5 nitrogen and oxygen atoms in total. The van der Waals surface area contributed by atoms with Crippen molar-refractivity contribution >= 4 is 54.5 Å². The van der Waals surface area contributed by atoms with Crippen LogP contribution in [0, 0.1) is 0 Å². The van der Waals surface area contributed by atoms with Crippen molar-refractivity contribution in [3.05, 3.63) is 35.9 Å². The summed E-state index contributed by atoms with van der Waals surface area (Å²) < 4.78 is 16.1. The molecular formula is C15H15Br2NO4S. The third kappa shape index (κ3) is 2.49. The first kappa shape index (κ1) is 17.1. The molecule has 0 radical (unpaired) electrons. The van der Waals surface area contributed by atoms with Gasteiger partial charge in [0.05, 0.1) is 15.5 Å². The molecule has 1 aromatic rings. The number of hydrogen-bond acceptors (Lipinski definition) is 4. The molecule has 2 saturated heterocycles. The third-order valence-electron chi connectivity index (χ3n) is 4.19. The Morgan fingerprint density at radius 2 is 1.91 bits per heavy atom. The summed E-state index contributed by atoms with van der Waals surface area (Å²) in [6, 6.07) is 8.44. The van der Waals surface area contributed by atoms with Crippen molar-refractivity contribution in [2.24, 2.45) is 0 Å². The standard InChI is InChI=1S/C15H15Br2NO4S/c1-14(2)10(11(19)22-8-9-6-4-3-5-7-9)18-12(20)15(16,17)13(18)23(14)21/h3-7,10,13H,8H2,1-2H3. The Hall–Kier alpha value is -0.730. The predicted molar refractivity (Wildman–Crippen MR) is 93.5 cm³/mol. The highest BCUT2D eigenvalue weighted by Gasteiger charge is 2.73. The van der Waals surface area contributed by atoms with Crippen molar-refractivity contribution in [3.8, 4) is 0 Å². The summed E-state index contributed by atoms with van der Waals surface area (Å²) in [5.41, 5.74) is 0.861. The fraction of sp³-hybridized carbons (Fsp3) is 0.467. The van der Waals surface area contributed by atoms with Crippen molar-refractivity contribution in [1.82, 2.24) is 4.90 Å². The summed E-state index contributed by atoms with van der Waals surface area (Å²) in [7, 11) is -1.40. The maximum Gasteiger partial charge on any atom is 0.330 e. The van der Waals surface area contributed by atoms with Crippen molar-refractivity contribution < 1.29 is 18.5 Å². The molecule has 3 atom stereocenters. The van der Waals surface area contributed by atoms with Gasteiger partial charge in [-0.15, -0.1) is 0 Å². The van der Waals surface area contributed by atoms with Crippen LogP contribution < -0.4 is 0 Å². The minimum Gasteiger partial charge on any atom is -0.459 e. The van der Waals surface area contributed by atoms with E-state index >= 15 is 0 Å². The molecule has 0 spiro atoms. The Morgan fingerprint density at radius 3 is 2.52 bits per heavy atom. The molecule has 1 aromatic carbocycles. The minimum atomic E-state index is -1.40. The zero-order chi connectivity index (χ0) is 17.0. The summed E-state index contributed by atoms with van der Waals surface area (Å²) in [6.45, 7) is 3.57. The van der Waals surface area contributed by atoms with E-state index < -0.39 is 36.2 Å². The fourth-order valence-electron chi connectivity index (χ4n) is 2.92. The third-order valence-corrected chi connectivity index (χ3v) is 8.59. The lowest BCUT2D eigenvalue weighted by atomic mass is 9.98. The molecule has 2 heterocycles. The lowest BCUT2D eigenvalue weighted by Crippen LogP contribution is -2.69. The van der Waals surface area contributed by atoms with Crippen LogP contribution in [0.3, 0.4) is 0 Å². The highest BCUT2D eigenvalue weighted by atomic mass is 79.9. The second-order valence-corrected chi connectivity index (χ2v) is 11.7. The first-order chi connectivity index (χ1) is 10.7. The number of hydrogen-bond donors (Lipinski definition) is 0. The number of carbonyl (C=O) groups excluding carboxylic acids is 2. The zero-order valence-electron chi connectivity index (χ0n) is 12.5. The molecule has 0 saturated carbocycles. The maximum absolute atomic E-state index is 12.7. The van der Waals surface area contributed by atoms with Crippen LogP contribution in [-0.2, 0) is 31.7 Å². The van der Waals surface area contributed by atoms with Crippen molar-refractivity contribution in [2.75, 3.05) is 0 Å². The normalized spacial score (nSPS) is 30.5. The SMILES string of the molecule is CC1(C)C(C(=O)OCc2ccccc2)N2C(=O)C(Br)(Br)C2S1=O. The van der Waals surface area contributed by atoms with Gasteiger partial charge in [-0.3, -0.25) is 9.00 Å². The zero-order valence-corrected chi connectivity index (χ0v) is 16.5. The van der Waals surface area contributed by atoms with Crippen LogP contribution in [-0.4, -0.2) is 40.4 Å². The van der Waals surface area contributed by atoms with Crippen molar-refractivity contribution in [3.63, 3.8) is 0 Å². The van der Waals surface area contributed by atoms with Gasteiger partial charge < -0.3 is 9.64 Å². The van der Waals surface area contributed by atoms with E-state index in [4.69, 9.17) is 4.74 Å². The Kier molecular flexibility index (Phi) is 4.21. The Balaban J connectivity index is 1.80. The second-order valence-electron chi connectivity index (χ2n) is 6.08. The van der Waals surface area contributed by atoms with Gasteiger partial charge in [0.1, 0.15) is 18.0 Å². The number of benzene rings is 1. The monoisotopic (exact) mass is 463 g/mol. The van der Waals surface area contributed by atoms with Crippen LogP contribution in [0.1, 0.15) is 19.4 Å². The molecule has 124 valence electrons. The maximum atomic E-state index is 12.7. The molecule has 0 aromatic heterocycles. The first-order valence-corrected chi connectivity index (χ1v) is 9.80. The molecule has 0 aliphatic carbocycles. The molecule has 23 heavy (non-hydrogen) atoms. The van der Waals surface area contributed by atoms with Crippen LogP contribution in [0.2, 0.25) is 0 Å².